The first kappa shape index (κ1) is 28.6. The number of carbonyl (C=O) groups excluding carboxylic acids is 1. The molecule has 1 aliphatic rings. The highest BCUT2D eigenvalue weighted by Gasteiger charge is 2.33. The van der Waals surface area contributed by atoms with E-state index in [1.54, 1.807) is 62.6 Å². The van der Waals surface area contributed by atoms with Crippen LogP contribution in [-0.4, -0.2) is 22.5 Å². The number of carbonyl (C=O) groups is 1. The molecule has 0 spiro atoms. The van der Waals surface area contributed by atoms with Crippen molar-refractivity contribution in [1.29, 1.82) is 0 Å². The highest BCUT2D eigenvalue weighted by atomic mass is 32.1. The van der Waals surface area contributed by atoms with Crippen LogP contribution in [0.5, 0.6) is 5.75 Å². The van der Waals surface area contributed by atoms with Crippen molar-refractivity contribution in [3.05, 3.63) is 143 Å². The largest absolute Gasteiger partial charge is 0.497 e. The van der Waals surface area contributed by atoms with Crippen molar-refractivity contribution in [2.45, 2.75) is 19.9 Å². The van der Waals surface area contributed by atoms with Gasteiger partial charge in [0.25, 0.3) is 17.2 Å². The molecule has 2 aromatic heterocycles. The minimum Gasteiger partial charge on any atom is -0.497 e. The number of nitrogens with zero attached hydrogens (tertiary/aromatic N) is 3. The molecular weight excluding hydrogens is 580 g/mol. The topological polar surface area (TPSA) is 129 Å². The summed E-state index contributed by atoms with van der Waals surface area (Å²) in [7, 11) is 1.56. The lowest BCUT2D eigenvalue weighted by Gasteiger charge is -2.25. The Morgan fingerprint density at radius 1 is 1.07 bits per heavy atom. The number of amides is 1. The molecule has 1 atom stereocenters. The van der Waals surface area contributed by atoms with Gasteiger partial charge in [0.05, 0.1) is 33.9 Å². The summed E-state index contributed by atoms with van der Waals surface area (Å²) in [6.45, 7) is 3.59. The maximum absolute atomic E-state index is 14.0. The summed E-state index contributed by atoms with van der Waals surface area (Å²) in [5.74, 6) is 1.05. The maximum atomic E-state index is 14.0. The number of non-ortho nitro benzene ring substituents is 1. The van der Waals surface area contributed by atoms with Crippen molar-refractivity contribution in [2.24, 2.45) is 4.99 Å². The van der Waals surface area contributed by atoms with E-state index in [-0.39, 0.29) is 17.2 Å². The van der Waals surface area contributed by atoms with E-state index in [4.69, 9.17) is 9.15 Å². The summed E-state index contributed by atoms with van der Waals surface area (Å²) in [6, 6.07) is 23.6. The monoisotopic (exact) mass is 606 g/mol. The molecule has 1 amide bonds. The molecule has 6 rings (SSSR count). The number of methoxy groups -OCH3 is 1. The molecule has 0 bridgehead atoms. The molecule has 3 aromatic carbocycles. The summed E-state index contributed by atoms with van der Waals surface area (Å²) < 4.78 is 13.3. The molecule has 0 fully saturated rings. The van der Waals surface area contributed by atoms with Gasteiger partial charge in [0.15, 0.2) is 4.80 Å². The standard InChI is InChI=1S/C33H26N4O6S/c1-19-12-13-23(37(40)41)17-26(19)27-15-14-25(43-27)18-28-32(39)36-30(21-8-7-11-24(16-21)42-3)29(20(2)34-33(36)44-28)31(38)35-22-9-5-4-6-10-22/h4-18,30H,1-3H3,(H,35,38)/b28-18-. The summed E-state index contributed by atoms with van der Waals surface area (Å²) >= 11 is 1.18. The fourth-order valence-corrected chi connectivity index (χ4v) is 6.18. The van der Waals surface area contributed by atoms with E-state index in [1.807, 2.05) is 37.3 Å². The Morgan fingerprint density at radius 3 is 2.61 bits per heavy atom. The van der Waals surface area contributed by atoms with E-state index in [2.05, 4.69) is 10.3 Å². The molecular formula is C33H26N4O6S. The zero-order valence-corrected chi connectivity index (χ0v) is 24.8. The van der Waals surface area contributed by atoms with E-state index in [0.29, 0.717) is 54.7 Å². The smallest absolute Gasteiger partial charge is 0.271 e. The van der Waals surface area contributed by atoms with Crippen molar-refractivity contribution in [3.8, 4) is 17.1 Å². The predicted octanol–water partition coefficient (Wildman–Crippen LogP) is 5.36. The van der Waals surface area contributed by atoms with E-state index in [0.717, 1.165) is 5.56 Å². The van der Waals surface area contributed by atoms with Crippen LogP contribution < -0.4 is 24.9 Å². The number of hydrogen-bond acceptors (Lipinski definition) is 8. The molecule has 11 heteroatoms. The number of benzene rings is 3. The Kier molecular flexibility index (Phi) is 7.54. The van der Waals surface area contributed by atoms with Crippen LogP contribution in [-0.2, 0) is 4.79 Å². The molecule has 0 aliphatic carbocycles. The molecule has 0 saturated carbocycles. The van der Waals surface area contributed by atoms with Crippen molar-refractivity contribution in [1.82, 2.24) is 4.57 Å². The van der Waals surface area contributed by atoms with Gasteiger partial charge < -0.3 is 14.5 Å². The number of nitro benzene ring substituents is 1. The third-order valence-corrected chi connectivity index (χ3v) is 8.29. The van der Waals surface area contributed by atoms with Gasteiger partial charge in [-0.3, -0.25) is 24.3 Å². The van der Waals surface area contributed by atoms with Crippen LogP contribution in [0.4, 0.5) is 11.4 Å². The second-order valence-electron chi connectivity index (χ2n) is 10.1. The fraction of sp³-hybridized carbons (Fsp3) is 0.121. The first-order chi connectivity index (χ1) is 21.2. The summed E-state index contributed by atoms with van der Waals surface area (Å²) in [6.07, 6.45) is 1.62. The van der Waals surface area contributed by atoms with Crippen LogP contribution >= 0.6 is 11.3 Å². The summed E-state index contributed by atoms with van der Waals surface area (Å²) in [4.78, 5) is 43.7. The molecule has 220 valence electrons. The normalized spacial score (nSPS) is 14.6. The fourth-order valence-electron chi connectivity index (χ4n) is 5.15. The number of thiazole rings is 1. The number of rotatable bonds is 7. The molecule has 44 heavy (non-hydrogen) atoms. The minimum atomic E-state index is -0.771. The predicted molar refractivity (Wildman–Crippen MR) is 167 cm³/mol. The minimum absolute atomic E-state index is 0.0446. The van der Waals surface area contributed by atoms with Gasteiger partial charge in [-0.15, -0.1) is 0 Å². The number of allylic oxidation sites excluding steroid dienone is 1. The lowest BCUT2D eigenvalue weighted by atomic mass is 9.95. The van der Waals surface area contributed by atoms with Gasteiger partial charge in [-0.1, -0.05) is 47.7 Å². The molecule has 3 heterocycles. The number of para-hydroxylation sites is 1. The number of anilines is 1. The van der Waals surface area contributed by atoms with Crippen LogP contribution in [0, 0.1) is 17.0 Å². The zero-order chi connectivity index (χ0) is 31.0. The lowest BCUT2D eigenvalue weighted by molar-refractivity contribution is -0.384. The number of ether oxygens (including phenoxy) is 1. The van der Waals surface area contributed by atoms with E-state index < -0.39 is 11.0 Å². The molecule has 1 N–H and O–H groups in total. The third kappa shape index (κ3) is 5.36. The molecule has 1 aliphatic heterocycles. The SMILES string of the molecule is COc1cccc(C2C(C(=O)Nc3ccccc3)=C(C)N=c3s/c(=C\c4ccc(-c5cc([N+](=O)[O-])ccc5C)o4)c(=O)n32)c1. The van der Waals surface area contributed by atoms with Crippen LogP contribution in [0.3, 0.4) is 0 Å². The van der Waals surface area contributed by atoms with E-state index in [9.17, 15) is 19.7 Å². The van der Waals surface area contributed by atoms with Crippen molar-refractivity contribution in [2.75, 3.05) is 12.4 Å². The molecule has 1 unspecified atom stereocenters. The molecule has 10 nitrogen and oxygen atoms in total. The zero-order valence-electron chi connectivity index (χ0n) is 23.9. The second kappa shape index (κ2) is 11.6. The van der Waals surface area contributed by atoms with Crippen LogP contribution in [0.15, 0.2) is 110 Å². The van der Waals surface area contributed by atoms with Gasteiger partial charge >= 0.3 is 0 Å². The number of furan rings is 1. The number of fused-ring (bicyclic) bond motifs is 1. The van der Waals surface area contributed by atoms with Crippen LogP contribution in [0.1, 0.15) is 29.9 Å². The van der Waals surface area contributed by atoms with Gasteiger partial charge in [0, 0.05) is 29.5 Å². The summed E-state index contributed by atoms with van der Waals surface area (Å²) in [5.41, 5.74) is 3.13. The van der Waals surface area contributed by atoms with Crippen molar-refractivity contribution >= 4 is 34.7 Å². The first-order valence-corrected chi connectivity index (χ1v) is 14.4. The third-order valence-electron chi connectivity index (χ3n) is 7.31. The Balaban J connectivity index is 1.45. The number of nitrogens with one attached hydrogen (secondary N) is 1. The van der Waals surface area contributed by atoms with Crippen LogP contribution in [0.2, 0.25) is 0 Å². The Hall–Kier alpha value is -5.55. The average Bonchev–Trinajstić information content (AvgIpc) is 3.60. The van der Waals surface area contributed by atoms with Gasteiger partial charge in [-0.2, -0.15) is 0 Å². The van der Waals surface area contributed by atoms with Gasteiger partial charge in [0.1, 0.15) is 17.3 Å². The maximum Gasteiger partial charge on any atom is 0.271 e. The number of nitro groups is 1. The quantitative estimate of drug-likeness (QED) is 0.196. The van der Waals surface area contributed by atoms with Gasteiger partial charge in [-0.25, -0.2) is 4.99 Å². The molecule has 0 radical (unpaired) electrons. The Morgan fingerprint density at radius 2 is 1.86 bits per heavy atom. The van der Waals surface area contributed by atoms with E-state index in [1.165, 1.54) is 28.0 Å². The Bertz CT molecular complexity index is 2140. The molecule has 0 saturated heterocycles. The molecule has 5 aromatic rings. The van der Waals surface area contributed by atoms with Crippen molar-refractivity contribution in [3.63, 3.8) is 0 Å². The van der Waals surface area contributed by atoms with Crippen LogP contribution in [0.25, 0.3) is 17.4 Å². The first-order valence-electron chi connectivity index (χ1n) is 13.6. The highest BCUT2D eigenvalue weighted by Crippen LogP contribution is 2.33. The number of hydrogen-bond donors (Lipinski definition) is 1. The van der Waals surface area contributed by atoms with E-state index >= 15 is 0 Å². The number of aryl methyl sites for hydroxylation is 1. The number of aromatic nitrogens is 1. The van der Waals surface area contributed by atoms with Gasteiger partial charge in [-0.05, 0) is 61.4 Å². The second-order valence-corrected chi connectivity index (χ2v) is 11.1. The lowest BCUT2D eigenvalue weighted by Crippen LogP contribution is -2.40. The van der Waals surface area contributed by atoms with Gasteiger partial charge in [0.2, 0.25) is 0 Å². The Labute approximate surface area is 255 Å². The van der Waals surface area contributed by atoms with Crippen molar-refractivity contribution < 1.29 is 18.9 Å². The average molecular weight is 607 g/mol. The summed E-state index contributed by atoms with van der Waals surface area (Å²) in [5, 5.41) is 14.2. The highest BCUT2D eigenvalue weighted by molar-refractivity contribution is 7.07.